The van der Waals surface area contributed by atoms with Crippen LogP contribution in [0.3, 0.4) is 0 Å². The summed E-state index contributed by atoms with van der Waals surface area (Å²) in [4.78, 5) is 12.0. The van der Waals surface area contributed by atoms with Gasteiger partial charge in [-0.25, -0.2) is 0 Å². The summed E-state index contributed by atoms with van der Waals surface area (Å²) in [6, 6.07) is 0. The highest BCUT2D eigenvalue weighted by molar-refractivity contribution is 5.76. The van der Waals surface area contributed by atoms with E-state index < -0.39 is 0 Å². The van der Waals surface area contributed by atoms with Gasteiger partial charge in [0.2, 0.25) is 5.91 Å². The predicted molar refractivity (Wildman–Crippen MR) is 87.3 cm³/mol. The van der Waals surface area contributed by atoms with E-state index in [0.29, 0.717) is 24.2 Å². The molecule has 0 aromatic carbocycles. The Morgan fingerprint density at radius 3 is 2.52 bits per heavy atom. The largest absolute Gasteiger partial charge is 0.378 e. The second-order valence-electron chi connectivity index (χ2n) is 6.65. The molecule has 1 amide bonds. The zero-order chi connectivity index (χ0) is 15.7. The molecule has 0 spiro atoms. The van der Waals surface area contributed by atoms with Crippen molar-refractivity contribution in [3.8, 4) is 0 Å². The first-order valence-electron chi connectivity index (χ1n) is 8.63. The van der Waals surface area contributed by atoms with Crippen molar-refractivity contribution in [1.82, 2.24) is 10.6 Å². The van der Waals surface area contributed by atoms with Crippen LogP contribution >= 0.6 is 0 Å². The molecule has 1 rings (SSSR count). The summed E-state index contributed by atoms with van der Waals surface area (Å²) in [6.45, 7) is 12.2. The fraction of sp³-hybridized carbons (Fsp3) is 0.941. The van der Waals surface area contributed by atoms with Gasteiger partial charge in [-0.1, -0.05) is 20.8 Å². The lowest BCUT2D eigenvalue weighted by Crippen LogP contribution is -2.34. The number of hydrogen-bond acceptors (Lipinski definition) is 3. The van der Waals surface area contributed by atoms with Crippen LogP contribution in [0.4, 0.5) is 0 Å². The van der Waals surface area contributed by atoms with Crippen molar-refractivity contribution in [2.75, 3.05) is 26.2 Å². The quantitative estimate of drug-likeness (QED) is 0.688. The summed E-state index contributed by atoms with van der Waals surface area (Å²) in [7, 11) is 0. The third kappa shape index (κ3) is 7.28. The number of piperidine rings is 1. The van der Waals surface area contributed by atoms with Crippen LogP contribution in [0.5, 0.6) is 0 Å². The average Bonchev–Trinajstić information content (AvgIpc) is 2.47. The minimum atomic E-state index is 0.194. The zero-order valence-electron chi connectivity index (χ0n) is 14.3. The molecule has 1 aliphatic heterocycles. The molecule has 0 aliphatic carbocycles. The maximum atomic E-state index is 12.0. The van der Waals surface area contributed by atoms with Crippen molar-refractivity contribution in [2.24, 2.45) is 17.8 Å². The van der Waals surface area contributed by atoms with Gasteiger partial charge in [0, 0.05) is 19.6 Å². The number of amides is 1. The number of carbonyl (C=O) groups is 1. The van der Waals surface area contributed by atoms with E-state index in [4.69, 9.17) is 4.74 Å². The molecule has 1 heterocycles. The Hall–Kier alpha value is -0.610. The van der Waals surface area contributed by atoms with E-state index in [2.05, 4.69) is 31.4 Å². The minimum absolute atomic E-state index is 0.194. The van der Waals surface area contributed by atoms with Crippen molar-refractivity contribution in [3.05, 3.63) is 0 Å². The van der Waals surface area contributed by atoms with Crippen LogP contribution in [0, 0.1) is 17.8 Å². The van der Waals surface area contributed by atoms with Gasteiger partial charge in [0.15, 0.2) is 0 Å². The fourth-order valence-electron chi connectivity index (χ4n) is 3.12. The molecule has 124 valence electrons. The van der Waals surface area contributed by atoms with Gasteiger partial charge in [0.05, 0.1) is 6.10 Å². The normalized spacial score (nSPS) is 19.5. The third-order valence-corrected chi connectivity index (χ3v) is 4.57. The van der Waals surface area contributed by atoms with Gasteiger partial charge >= 0.3 is 0 Å². The number of carbonyl (C=O) groups excluding carboxylic acids is 1. The van der Waals surface area contributed by atoms with E-state index in [1.807, 2.05) is 6.92 Å². The van der Waals surface area contributed by atoms with Crippen molar-refractivity contribution in [2.45, 2.75) is 59.5 Å². The average molecular weight is 298 g/mol. The number of hydrogen-bond donors (Lipinski definition) is 2. The molecule has 2 N–H and O–H groups in total. The third-order valence-electron chi connectivity index (χ3n) is 4.57. The lowest BCUT2D eigenvalue weighted by molar-refractivity contribution is -0.122. The number of rotatable bonds is 9. The minimum Gasteiger partial charge on any atom is -0.378 e. The summed E-state index contributed by atoms with van der Waals surface area (Å²) < 4.78 is 5.70. The Morgan fingerprint density at radius 2 is 1.95 bits per heavy atom. The van der Waals surface area contributed by atoms with Crippen LogP contribution in [0.1, 0.15) is 53.4 Å². The van der Waals surface area contributed by atoms with E-state index in [1.54, 1.807) is 0 Å². The lowest BCUT2D eigenvalue weighted by atomic mass is 9.84. The van der Waals surface area contributed by atoms with Crippen molar-refractivity contribution in [1.29, 1.82) is 0 Å². The molecule has 21 heavy (non-hydrogen) atoms. The molecule has 4 nitrogen and oxygen atoms in total. The van der Waals surface area contributed by atoms with Crippen LogP contribution in [0.15, 0.2) is 0 Å². The second kappa shape index (κ2) is 10.2. The van der Waals surface area contributed by atoms with Crippen molar-refractivity contribution in [3.63, 3.8) is 0 Å². The topological polar surface area (TPSA) is 50.4 Å². The van der Waals surface area contributed by atoms with E-state index in [-0.39, 0.29) is 12.0 Å². The first-order chi connectivity index (χ1) is 10.0. The highest BCUT2D eigenvalue weighted by atomic mass is 16.5. The van der Waals surface area contributed by atoms with Crippen molar-refractivity contribution >= 4 is 5.91 Å². The SMILES string of the molecule is CCOC(CCNC(=O)CC(C)C1CCNCC1)C(C)C. The Balaban J connectivity index is 2.20. The molecule has 1 saturated heterocycles. The molecule has 2 atom stereocenters. The molecule has 1 fully saturated rings. The molecule has 0 aromatic heterocycles. The molecular weight excluding hydrogens is 264 g/mol. The van der Waals surface area contributed by atoms with E-state index >= 15 is 0 Å². The fourth-order valence-corrected chi connectivity index (χ4v) is 3.12. The summed E-state index contributed by atoms with van der Waals surface area (Å²) in [5, 5.41) is 6.44. The predicted octanol–water partition coefficient (Wildman–Crippen LogP) is 2.58. The molecular formula is C17H34N2O2. The standard InChI is InChI=1S/C17H34N2O2/c1-5-21-16(13(2)3)8-11-19-17(20)12-14(4)15-6-9-18-10-7-15/h13-16,18H,5-12H2,1-4H3,(H,19,20). The molecule has 0 aromatic rings. The highest BCUT2D eigenvalue weighted by Gasteiger charge is 2.22. The molecule has 4 heteroatoms. The van der Waals surface area contributed by atoms with Crippen LogP contribution < -0.4 is 10.6 Å². The Kier molecular flexibility index (Phi) is 8.93. The monoisotopic (exact) mass is 298 g/mol. The van der Waals surface area contributed by atoms with Gasteiger partial charge in [-0.2, -0.15) is 0 Å². The zero-order valence-corrected chi connectivity index (χ0v) is 14.3. The van der Waals surface area contributed by atoms with Crippen LogP contribution in [-0.2, 0) is 9.53 Å². The maximum Gasteiger partial charge on any atom is 0.220 e. The maximum absolute atomic E-state index is 12.0. The first-order valence-corrected chi connectivity index (χ1v) is 8.63. The first kappa shape index (κ1) is 18.4. The van der Waals surface area contributed by atoms with Crippen LogP contribution in [0.25, 0.3) is 0 Å². The summed E-state index contributed by atoms with van der Waals surface area (Å²) >= 11 is 0. The summed E-state index contributed by atoms with van der Waals surface area (Å²) in [6.07, 6.45) is 4.21. The van der Waals surface area contributed by atoms with E-state index in [0.717, 1.165) is 32.7 Å². The van der Waals surface area contributed by atoms with Gasteiger partial charge in [0.25, 0.3) is 0 Å². The molecule has 0 saturated carbocycles. The van der Waals surface area contributed by atoms with E-state index in [9.17, 15) is 4.79 Å². The van der Waals surface area contributed by atoms with Gasteiger partial charge in [-0.05, 0) is 57.0 Å². The Bertz CT molecular complexity index is 289. The van der Waals surface area contributed by atoms with Crippen LogP contribution in [0.2, 0.25) is 0 Å². The lowest BCUT2D eigenvalue weighted by Gasteiger charge is -2.28. The van der Waals surface area contributed by atoms with Gasteiger partial charge in [-0.3, -0.25) is 4.79 Å². The Labute approximate surface area is 130 Å². The van der Waals surface area contributed by atoms with E-state index in [1.165, 1.54) is 12.8 Å². The summed E-state index contributed by atoms with van der Waals surface area (Å²) in [5.41, 5.74) is 0. The van der Waals surface area contributed by atoms with Crippen molar-refractivity contribution < 1.29 is 9.53 Å². The van der Waals surface area contributed by atoms with Gasteiger partial charge in [0.1, 0.15) is 0 Å². The van der Waals surface area contributed by atoms with Crippen LogP contribution in [-0.4, -0.2) is 38.3 Å². The Morgan fingerprint density at radius 1 is 1.29 bits per heavy atom. The number of nitrogens with one attached hydrogen (secondary N) is 2. The molecule has 0 bridgehead atoms. The molecule has 0 radical (unpaired) electrons. The smallest absolute Gasteiger partial charge is 0.220 e. The highest BCUT2D eigenvalue weighted by Crippen LogP contribution is 2.24. The molecule has 1 aliphatic rings. The summed E-state index contributed by atoms with van der Waals surface area (Å²) in [5.74, 6) is 1.87. The van der Waals surface area contributed by atoms with Gasteiger partial charge in [-0.15, -0.1) is 0 Å². The van der Waals surface area contributed by atoms with Gasteiger partial charge < -0.3 is 15.4 Å². The number of ether oxygens (including phenoxy) is 1. The second-order valence-corrected chi connectivity index (χ2v) is 6.65. The molecule has 2 unspecified atom stereocenters.